The summed E-state index contributed by atoms with van der Waals surface area (Å²) in [5, 5.41) is 22.8. The lowest BCUT2D eigenvalue weighted by Gasteiger charge is -2.32. The van der Waals surface area contributed by atoms with Gasteiger partial charge in [0.15, 0.2) is 6.23 Å². The number of nitrogens with one attached hydrogen (secondary N) is 1. The molecule has 10 heteroatoms. The van der Waals surface area contributed by atoms with Crippen LogP contribution in [-0.4, -0.2) is 44.2 Å². The molecule has 1 aliphatic rings. The molecule has 0 radical (unpaired) electrons. The number of aromatic nitrogens is 2. The van der Waals surface area contributed by atoms with Crippen molar-refractivity contribution in [3.63, 3.8) is 0 Å². The zero-order valence-corrected chi connectivity index (χ0v) is 18.9. The molecule has 4 rings (SSSR count). The molecule has 34 heavy (non-hydrogen) atoms. The monoisotopic (exact) mass is 476 g/mol. The predicted molar refractivity (Wildman–Crippen MR) is 121 cm³/mol. The van der Waals surface area contributed by atoms with Crippen LogP contribution in [0.4, 0.5) is 19.1 Å². The molecule has 0 aliphatic carbocycles. The number of halogens is 3. The lowest BCUT2D eigenvalue weighted by Crippen LogP contribution is -2.37. The Balaban J connectivity index is 1.69. The van der Waals surface area contributed by atoms with Gasteiger partial charge in [-0.1, -0.05) is 18.2 Å². The maximum Gasteiger partial charge on any atom is 0.416 e. The number of rotatable bonds is 7. The largest absolute Gasteiger partial charge is 0.416 e. The van der Waals surface area contributed by atoms with Gasteiger partial charge >= 0.3 is 6.18 Å². The van der Waals surface area contributed by atoms with Crippen molar-refractivity contribution >= 4 is 22.9 Å². The fraction of sp³-hybridized carbons (Fsp3) is 0.417. The third kappa shape index (κ3) is 4.35. The molecule has 0 spiro atoms. The molecule has 182 valence electrons. The van der Waals surface area contributed by atoms with Crippen molar-refractivity contribution in [1.82, 2.24) is 14.5 Å². The summed E-state index contributed by atoms with van der Waals surface area (Å²) in [6, 6.07) is 10.2. The molecule has 0 bridgehead atoms. The smallest absolute Gasteiger partial charge is 0.396 e. The average molecular weight is 476 g/mol. The third-order valence-corrected chi connectivity index (χ3v) is 6.65. The number of benzene rings is 2. The molecule has 3 aromatic rings. The van der Waals surface area contributed by atoms with Crippen molar-refractivity contribution in [2.24, 2.45) is 0 Å². The molecule has 1 amide bonds. The van der Waals surface area contributed by atoms with Gasteiger partial charge in [-0.25, -0.2) is 4.98 Å². The van der Waals surface area contributed by atoms with Gasteiger partial charge in [-0.15, -0.1) is 0 Å². The van der Waals surface area contributed by atoms with Crippen molar-refractivity contribution in [3.05, 3.63) is 59.2 Å². The number of carbonyl (C=O) groups is 1. The first-order valence-electron chi connectivity index (χ1n) is 11.0. The number of anilines is 1. The Morgan fingerprint density at radius 1 is 1.24 bits per heavy atom. The van der Waals surface area contributed by atoms with Gasteiger partial charge in [0.25, 0.3) is 0 Å². The minimum absolute atomic E-state index is 0.0508. The number of aliphatic hydroxyl groups is 2. The number of aliphatic hydroxyl groups excluding tert-OH is 2. The number of hydrogen-bond acceptors (Lipinski definition) is 5. The molecular weight excluding hydrogens is 449 g/mol. The number of nitrogens with zero attached hydrogens (tertiary/aromatic N) is 3. The van der Waals surface area contributed by atoms with E-state index in [1.54, 1.807) is 16.5 Å². The number of fused-ring (bicyclic) bond motifs is 1. The summed E-state index contributed by atoms with van der Waals surface area (Å²) < 4.78 is 41.0. The molecule has 1 saturated heterocycles. The minimum Gasteiger partial charge on any atom is -0.396 e. The highest BCUT2D eigenvalue weighted by Gasteiger charge is 2.40. The van der Waals surface area contributed by atoms with Crippen LogP contribution in [0, 0.1) is 0 Å². The lowest BCUT2D eigenvalue weighted by molar-refractivity contribution is -0.137. The molecule has 1 aromatic heterocycles. The van der Waals surface area contributed by atoms with Crippen LogP contribution in [-0.2, 0) is 23.1 Å². The normalized spacial score (nSPS) is 19.7. The predicted octanol–water partition coefficient (Wildman–Crippen LogP) is 4.01. The molecule has 2 atom stereocenters. The second-order valence-electron chi connectivity index (χ2n) is 8.76. The van der Waals surface area contributed by atoms with Crippen LogP contribution in [0.15, 0.2) is 42.5 Å². The highest BCUT2D eigenvalue weighted by Crippen LogP contribution is 2.39. The maximum absolute atomic E-state index is 13.1. The van der Waals surface area contributed by atoms with Gasteiger partial charge in [0, 0.05) is 32.2 Å². The van der Waals surface area contributed by atoms with Crippen LogP contribution in [0.1, 0.15) is 49.1 Å². The molecule has 1 fully saturated rings. The van der Waals surface area contributed by atoms with Gasteiger partial charge in [-0.3, -0.25) is 4.79 Å². The summed E-state index contributed by atoms with van der Waals surface area (Å²) in [4.78, 5) is 18.4. The van der Waals surface area contributed by atoms with E-state index < -0.39 is 23.5 Å². The van der Waals surface area contributed by atoms with Gasteiger partial charge in [-0.05, 0) is 49.6 Å². The van der Waals surface area contributed by atoms with Gasteiger partial charge < -0.3 is 25.0 Å². The Morgan fingerprint density at radius 2 is 2.00 bits per heavy atom. The first-order chi connectivity index (χ1) is 16.0. The Morgan fingerprint density at radius 3 is 2.65 bits per heavy atom. The van der Waals surface area contributed by atoms with Crippen LogP contribution in [0.3, 0.4) is 0 Å². The van der Waals surface area contributed by atoms with E-state index in [4.69, 9.17) is 0 Å². The second kappa shape index (κ2) is 8.92. The standard InChI is InChI=1S/C24H27F3N4O3/c1-23(10-9-20(33)30(23)2)16-7-8-19-18(14-16)28-22(31(19)11-4-12-32)29-21(34)15-5-3-6-17(13-15)24(25,26)27/h3,5-8,13-14,21,32,34H,4,9-12H2,1-2H3,(H,28,29). The topological polar surface area (TPSA) is 90.6 Å². The second-order valence-corrected chi connectivity index (χ2v) is 8.76. The van der Waals surface area contributed by atoms with Crippen LogP contribution >= 0.6 is 0 Å². The van der Waals surface area contributed by atoms with Crippen molar-refractivity contribution in [3.8, 4) is 0 Å². The summed E-state index contributed by atoms with van der Waals surface area (Å²) in [6.07, 6.45) is -4.38. The molecule has 2 unspecified atom stereocenters. The number of likely N-dealkylation sites (tertiary alicyclic amines) is 1. The Kier molecular flexibility index (Phi) is 6.30. The summed E-state index contributed by atoms with van der Waals surface area (Å²) in [7, 11) is 1.78. The molecule has 7 nitrogen and oxygen atoms in total. The van der Waals surface area contributed by atoms with E-state index in [1.807, 2.05) is 25.1 Å². The Bertz CT molecular complexity index is 1210. The van der Waals surface area contributed by atoms with E-state index in [1.165, 1.54) is 12.1 Å². The van der Waals surface area contributed by atoms with Gasteiger partial charge in [0.05, 0.1) is 22.1 Å². The van der Waals surface area contributed by atoms with E-state index >= 15 is 0 Å². The number of hydrogen-bond donors (Lipinski definition) is 3. The third-order valence-electron chi connectivity index (χ3n) is 6.65. The van der Waals surface area contributed by atoms with Crippen molar-refractivity contribution < 1.29 is 28.2 Å². The van der Waals surface area contributed by atoms with Crippen molar-refractivity contribution in [2.75, 3.05) is 19.0 Å². The summed E-state index contributed by atoms with van der Waals surface area (Å²) >= 11 is 0. The zero-order valence-electron chi connectivity index (χ0n) is 18.9. The number of aryl methyl sites for hydroxylation is 1. The minimum atomic E-state index is -4.52. The average Bonchev–Trinajstić information content (AvgIpc) is 3.28. The molecule has 2 heterocycles. The van der Waals surface area contributed by atoms with E-state index in [9.17, 15) is 28.2 Å². The first-order valence-corrected chi connectivity index (χ1v) is 11.0. The molecule has 1 aliphatic heterocycles. The van der Waals surface area contributed by atoms with Crippen LogP contribution in [0.5, 0.6) is 0 Å². The molecule has 2 aromatic carbocycles. The van der Waals surface area contributed by atoms with Gasteiger partial charge in [-0.2, -0.15) is 13.2 Å². The van der Waals surface area contributed by atoms with Crippen LogP contribution in [0.25, 0.3) is 11.0 Å². The Labute approximate surface area is 194 Å². The number of alkyl halides is 3. The highest BCUT2D eigenvalue weighted by molar-refractivity contribution is 5.82. The van der Waals surface area contributed by atoms with Crippen molar-refractivity contribution in [2.45, 2.75) is 50.7 Å². The zero-order chi connectivity index (χ0) is 24.7. The highest BCUT2D eigenvalue weighted by atomic mass is 19.4. The van der Waals surface area contributed by atoms with E-state index in [0.717, 1.165) is 23.2 Å². The first kappa shape index (κ1) is 24.0. The lowest BCUT2D eigenvalue weighted by atomic mass is 9.89. The van der Waals surface area contributed by atoms with Crippen molar-refractivity contribution in [1.29, 1.82) is 0 Å². The summed E-state index contributed by atoms with van der Waals surface area (Å²) in [5.41, 5.74) is 1.01. The Hall–Kier alpha value is -3.11. The van der Waals surface area contributed by atoms with E-state index in [-0.39, 0.29) is 24.0 Å². The van der Waals surface area contributed by atoms with Crippen LogP contribution < -0.4 is 5.32 Å². The number of carbonyl (C=O) groups excluding carboxylic acids is 1. The quantitative estimate of drug-likeness (QED) is 0.449. The maximum atomic E-state index is 13.1. The number of amides is 1. The molecular formula is C24H27F3N4O3. The SMILES string of the molecule is CN1C(=O)CCC1(C)c1ccc2c(c1)nc(NC(O)c1cccc(C(F)(F)F)c1)n2CCCO. The summed E-state index contributed by atoms with van der Waals surface area (Å²) in [5.74, 6) is 0.342. The van der Waals surface area contributed by atoms with E-state index in [2.05, 4.69) is 10.3 Å². The number of imidazole rings is 1. The van der Waals surface area contributed by atoms with Crippen LogP contribution in [0.2, 0.25) is 0 Å². The van der Waals surface area contributed by atoms with Gasteiger partial charge in [0.1, 0.15) is 0 Å². The molecule has 0 saturated carbocycles. The van der Waals surface area contributed by atoms with Gasteiger partial charge in [0.2, 0.25) is 11.9 Å². The summed E-state index contributed by atoms with van der Waals surface area (Å²) in [6.45, 7) is 2.33. The fourth-order valence-electron chi connectivity index (χ4n) is 4.42. The molecule has 3 N–H and O–H groups in total. The van der Waals surface area contributed by atoms with E-state index in [0.29, 0.717) is 31.3 Å². The fourth-order valence-corrected chi connectivity index (χ4v) is 4.42.